The third kappa shape index (κ3) is 6.39. The van der Waals surface area contributed by atoms with Gasteiger partial charge in [0, 0.05) is 6.61 Å². The van der Waals surface area contributed by atoms with Gasteiger partial charge in [-0.3, -0.25) is 0 Å². The summed E-state index contributed by atoms with van der Waals surface area (Å²) in [6, 6.07) is 0. The Balaban J connectivity index is 2.19. The molecule has 1 fully saturated rings. The third-order valence-electron chi connectivity index (χ3n) is 3.45. The van der Waals surface area contributed by atoms with Gasteiger partial charge in [-0.15, -0.1) is 0 Å². The highest BCUT2D eigenvalue weighted by atomic mass is 16.5. The molecule has 0 bridgehead atoms. The van der Waals surface area contributed by atoms with Crippen LogP contribution in [0.5, 0.6) is 0 Å². The largest absolute Gasteiger partial charge is 0.378 e. The van der Waals surface area contributed by atoms with E-state index in [1.165, 1.54) is 0 Å². The molecular weight excluding hydrogens is 214 g/mol. The van der Waals surface area contributed by atoms with Crippen molar-refractivity contribution in [1.82, 2.24) is 5.32 Å². The van der Waals surface area contributed by atoms with Crippen LogP contribution in [0.2, 0.25) is 0 Å². The van der Waals surface area contributed by atoms with Crippen LogP contribution in [0.15, 0.2) is 0 Å². The summed E-state index contributed by atoms with van der Waals surface area (Å²) in [5.41, 5.74) is -0.0601. The molecule has 0 radical (unpaired) electrons. The number of nitrogens with one attached hydrogen (secondary N) is 1. The predicted molar refractivity (Wildman–Crippen MR) is 71.4 cm³/mol. The Bertz CT molecular complexity index is 200. The number of hydrogen-bond acceptors (Lipinski definition) is 3. The fourth-order valence-corrected chi connectivity index (χ4v) is 2.05. The first-order chi connectivity index (χ1) is 8.03. The zero-order valence-corrected chi connectivity index (χ0v) is 11.9. The van der Waals surface area contributed by atoms with Crippen LogP contribution < -0.4 is 5.32 Å². The second-order valence-corrected chi connectivity index (χ2v) is 5.67. The summed E-state index contributed by atoms with van der Waals surface area (Å²) in [7, 11) is 0. The van der Waals surface area contributed by atoms with Crippen molar-refractivity contribution in [3.63, 3.8) is 0 Å². The van der Waals surface area contributed by atoms with E-state index in [9.17, 15) is 0 Å². The van der Waals surface area contributed by atoms with Gasteiger partial charge in [0.1, 0.15) is 0 Å². The number of ether oxygens (including phenoxy) is 2. The molecule has 3 heteroatoms. The Morgan fingerprint density at radius 3 is 2.53 bits per heavy atom. The van der Waals surface area contributed by atoms with Gasteiger partial charge in [-0.1, -0.05) is 6.92 Å². The van der Waals surface area contributed by atoms with Crippen LogP contribution in [0.25, 0.3) is 0 Å². The first-order valence-electron chi connectivity index (χ1n) is 7.03. The average molecular weight is 243 g/mol. The maximum absolute atomic E-state index is 6.17. The zero-order chi connectivity index (χ0) is 12.7. The lowest BCUT2D eigenvalue weighted by molar-refractivity contribution is -0.0987. The Morgan fingerprint density at radius 2 is 1.94 bits per heavy atom. The fourth-order valence-electron chi connectivity index (χ4n) is 2.05. The Kier molecular flexibility index (Phi) is 6.45. The summed E-state index contributed by atoms with van der Waals surface area (Å²) in [6.07, 6.45) is 5.11. The summed E-state index contributed by atoms with van der Waals surface area (Å²) in [5, 5.41) is 3.36. The molecule has 0 amide bonds. The smallest absolute Gasteiger partial charge is 0.0652 e. The molecule has 0 aliphatic carbocycles. The van der Waals surface area contributed by atoms with Crippen molar-refractivity contribution in [1.29, 1.82) is 0 Å². The first-order valence-corrected chi connectivity index (χ1v) is 7.03. The van der Waals surface area contributed by atoms with E-state index in [1.807, 2.05) is 0 Å². The van der Waals surface area contributed by atoms with Crippen molar-refractivity contribution in [3.8, 4) is 0 Å². The highest BCUT2D eigenvalue weighted by Gasteiger charge is 2.24. The highest BCUT2D eigenvalue weighted by Crippen LogP contribution is 2.21. The van der Waals surface area contributed by atoms with E-state index >= 15 is 0 Å². The van der Waals surface area contributed by atoms with Crippen LogP contribution in [0.3, 0.4) is 0 Å². The van der Waals surface area contributed by atoms with Crippen molar-refractivity contribution < 1.29 is 9.47 Å². The second-order valence-electron chi connectivity index (χ2n) is 5.67. The second kappa shape index (κ2) is 7.34. The van der Waals surface area contributed by atoms with Gasteiger partial charge in [0.05, 0.1) is 17.8 Å². The van der Waals surface area contributed by atoms with Crippen LogP contribution in [0.4, 0.5) is 0 Å². The van der Waals surface area contributed by atoms with Crippen LogP contribution in [-0.4, -0.2) is 37.5 Å². The maximum Gasteiger partial charge on any atom is 0.0652 e. The minimum atomic E-state index is -0.0601. The summed E-state index contributed by atoms with van der Waals surface area (Å²) < 4.78 is 11.9. The minimum absolute atomic E-state index is 0.0601. The molecule has 0 aromatic rings. The van der Waals surface area contributed by atoms with Gasteiger partial charge in [0.2, 0.25) is 0 Å². The fraction of sp³-hybridized carbons (Fsp3) is 1.00. The summed E-state index contributed by atoms with van der Waals surface area (Å²) >= 11 is 0. The topological polar surface area (TPSA) is 30.5 Å². The molecule has 1 unspecified atom stereocenters. The van der Waals surface area contributed by atoms with E-state index in [1.54, 1.807) is 0 Å². The predicted octanol–water partition coefficient (Wildman–Crippen LogP) is 2.74. The standard InChI is InChI=1S/C14H29NO2/c1-5-12(2)16-11-8-14(3,4)17-13-6-9-15-10-7-13/h12-13,15H,5-11H2,1-4H3. The van der Waals surface area contributed by atoms with Gasteiger partial charge in [-0.05, 0) is 59.5 Å². The van der Waals surface area contributed by atoms with Crippen molar-refractivity contribution in [2.45, 2.75) is 71.2 Å². The number of piperidine rings is 1. The SMILES string of the molecule is CCC(C)OCCC(C)(C)OC1CCNCC1. The molecule has 102 valence electrons. The lowest BCUT2D eigenvalue weighted by Gasteiger charge is -2.33. The zero-order valence-electron chi connectivity index (χ0n) is 11.9. The monoisotopic (exact) mass is 243 g/mol. The molecule has 1 atom stereocenters. The molecule has 1 N–H and O–H groups in total. The number of hydrogen-bond donors (Lipinski definition) is 1. The molecule has 0 aromatic heterocycles. The van der Waals surface area contributed by atoms with Gasteiger partial charge in [0.25, 0.3) is 0 Å². The molecule has 1 aliphatic rings. The maximum atomic E-state index is 6.17. The van der Waals surface area contributed by atoms with E-state index in [0.29, 0.717) is 12.2 Å². The first kappa shape index (κ1) is 14.9. The third-order valence-corrected chi connectivity index (χ3v) is 3.45. The van der Waals surface area contributed by atoms with E-state index in [-0.39, 0.29) is 5.60 Å². The quantitative estimate of drug-likeness (QED) is 0.746. The highest BCUT2D eigenvalue weighted by molar-refractivity contribution is 4.75. The molecule has 1 aliphatic heterocycles. The van der Waals surface area contributed by atoms with E-state index in [4.69, 9.17) is 9.47 Å². The van der Waals surface area contributed by atoms with Crippen molar-refractivity contribution in [2.24, 2.45) is 0 Å². The van der Waals surface area contributed by atoms with Crippen molar-refractivity contribution in [3.05, 3.63) is 0 Å². The molecule has 1 heterocycles. The van der Waals surface area contributed by atoms with E-state index in [2.05, 4.69) is 33.0 Å². The normalized spacial score (nSPS) is 20.5. The lowest BCUT2D eigenvalue weighted by atomic mass is 10.0. The van der Waals surface area contributed by atoms with Gasteiger partial charge in [0.15, 0.2) is 0 Å². The van der Waals surface area contributed by atoms with Gasteiger partial charge >= 0.3 is 0 Å². The molecular formula is C14H29NO2. The Labute approximate surface area is 106 Å². The molecule has 1 rings (SSSR count). The minimum Gasteiger partial charge on any atom is -0.378 e. The Morgan fingerprint density at radius 1 is 1.29 bits per heavy atom. The molecule has 0 spiro atoms. The molecule has 0 saturated carbocycles. The van der Waals surface area contributed by atoms with Gasteiger partial charge < -0.3 is 14.8 Å². The van der Waals surface area contributed by atoms with Gasteiger partial charge in [-0.25, -0.2) is 0 Å². The van der Waals surface area contributed by atoms with Crippen molar-refractivity contribution in [2.75, 3.05) is 19.7 Å². The molecule has 0 aromatic carbocycles. The Hall–Kier alpha value is -0.120. The van der Waals surface area contributed by atoms with Crippen LogP contribution in [0.1, 0.15) is 53.4 Å². The van der Waals surface area contributed by atoms with Gasteiger partial charge in [-0.2, -0.15) is 0 Å². The summed E-state index contributed by atoms with van der Waals surface area (Å²) in [6.45, 7) is 11.6. The summed E-state index contributed by atoms with van der Waals surface area (Å²) in [5.74, 6) is 0. The number of rotatable bonds is 7. The summed E-state index contributed by atoms with van der Waals surface area (Å²) in [4.78, 5) is 0. The lowest BCUT2D eigenvalue weighted by Crippen LogP contribution is -2.39. The molecule has 1 saturated heterocycles. The van der Waals surface area contributed by atoms with E-state index in [0.717, 1.165) is 45.4 Å². The average Bonchev–Trinajstić information content (AvgIpc) is 2.29. The molecule has 3 nitrogen and oxygen atoms in total. The van der Waals surface area contributed by atoms with E-state index < -0.39 is 0 Å². The van der Waals surface area contributed by atoms with Crippen LogP contribution in [-0.2, 0) is 9.47 Å². The van der Waals surface area contributed by atoms with Crippen LogP contribution >= 0.6 is 0 Å². The molecule has 17 heavy (non-hydrogen) atoms. The van der Waals surface area contributed by atoms with Crippen LogP contribution in [0, 0.1) is 0 Å². The van der Waals surface area contributed by atoms with Crippen molar-refractivity contribution >= 4 is 0 Å².